The van der Waals surface area contributed by atoms with E-state index in [2.05, 4.69) is 0 Å². The molecule has 0 aliphatic carbocycles. The van der Waals surface area contributed by atoms with E-state index in [1.54, 1.807) is 21.1 Å². The van der Waals surface area contributed by atoms with Crippen molar-refractivity contribution in [1.82, 2.24) is 0 Å². The highest BCUT2D eigenvalue weighted by molar-refractivity contribution is 5.94. The number of nitrogens with two attached hydrogens (primary N) is 1. The van der Waals surface area contributed by atoms with Gasteiger partial charge in [-0.1, -0.05) is 20.3 Å². The zero-order valence-electron chi connectivity index (χ0n) is 12.5. The van der Waals surface area contributed by atoms with E-state index >= 15 is 0 Å². The summed E-state index contributed by atoms with van der Waals surface area (Å²) in [4.78, 5) is 23.2. The molecule has 0 saturated carbocycles. The number of rotatable bonds is 8. The lowest BCUT2D eigenvalue weighted by atomic mass is 9.83. The first-order valence-corrected chi connectivity index (χ1v) is 6.47. The highest BCUT2D eigenvalue weighted by Crippen LogP contribution is 2.21. The van der Waals surface area contributed by atoms with Crippen molar-refractivity contribution in [3.05, 3.63) is 0 Å². The Labute approximate surface area is 114 Å². The summed E-state index contributed by atoms with van der Waals surface area (Å²) in [5.41, 5.74) is 3.92. The first-order chi connectivity index (χ1) is 8.43. The van der Waals surface area contributed by atoms with E-state index in [0.717, 1.165) is 0 Å². The third kappa shape index (κ3) is 5.67. The van der Waals surface area contributed by atoms with Gasteiger partial charge in [0.2, 0.25) is 0 Å². The molecule has 0 aromatic heterocycles. The van der Waals surface area contributed by atoms with Crippen LogP contribution in [-0.4, -0.2) is 65.8 Å². The van der Waals surface area contributed by atoms with E-state index in [4.69, 9.17) is 10.8 Å². The normalized spacial score (nSPS) is 18.5. The highest BCUT2D eigenvalue weighted by atomic mass is 16.4. The number of aliphatic carboxylic acids is 1. The summed E-state index contributed by atoms with van der Waals surface area (Å²) in [6.07, 6.45) is 0.0753. The number of ketones is 1. The predicted octanol–water partition coefficient (Wildman–Crippen LogP) is -0.159. The van der Waals surface area contributed by atoms with Crippen LogP contribution in [0.3, 0.4) is 0 Å². The second kappa shape index (κ2) is 6.45. The van der Waals surface area contributed by atoms with E-state index in [0.29, 0.717) is 6.42 Å². The second-order valence-corrected chi connectivity index (χ2v) is 6.33. The lowest BCUT2D eigenvalue weighted by Gasteiger charge is -2.35. The first-order valence-electron chi connectivity index (χ1n) is 6.47. The molecule has 4 N–H and O–H groups in total. The largest absolute Gasteiger partial charge is 0.481 e. The van der Waals surface area contributed by atoms with Crippen LogP contribution in [0.15, 0.2) is 0 Å². The molecule has 0 unspecified atom stereocenters. The van der Waals surface area contributed by atoms with Crippen molar-refractivity contribution in [1.29, 1.82) is 0 Å². The van der Waals surface area contributed by atoms with Gasteiger partial charge in [0.15, 0.2) is 11.4 Å². The van der Waals surface area contributed by atoms with E-state index in [1.807, 2.05) is 13.8 Å². The van der Waals surface area contributed by atoms with Gasteiger partial charge in [0.25, 0.3) is 0 Å². The Kier molecular flexibility index (Phi) is 6.12. The van der Waals surface area contributed by atoms with Crippen LogP contribution in [0.4, 0.5) is 0 Å². The van der Waals surface area contributed by atoms with Gasteiger partial charge in [-0.3, -0.25) is 9.59 Å². The van der Waals surface area contributed by atoms with Gasteiger partial charge in [-0.05, 0) is 5.92 Å². The minimum Gasteiger partial charge on any atom is -0.481 e. The molecular weight excluding hydrogens is 248 g/mol. The molecule has 0 rings (SSSR count). The van der Waals surface area contributed by atoms with Gasteiger partial charge in [0, 0.05) is 0 Å². The number of likely N-dealkylation sites (N-methyl/N-ethyl adjacent to an activating group) is 1. The molecule has 0 radical (unpaired) electrons. The van der Waals surface area contributed by atoms with Crippen LogP contribution in [0.2, 0.25) is 0 Å². The molecule has 0 fully saturated rings. The standard InChI is InChI=1S/C13H26N2O4/c1-6-9(2)11(14)12(18)13(19,7-10(16)17)8-15(3,4)5/h9,11,19H,6-8,14H2,1-5H3/p+1/t9-,11-,13+/m0/s1. The molecule has 0 aromatic carbocycles. The van der Waals surface area contributed by atoms with Crippen molar-refractivity contribution < 1.29 is 24.3 Å². The van der Waals surface area contributed by atoms with E-state index in [-0.39, 0.29) is 16.9 Å². The van der Waals surface area contributed by atoms with Crippen LogP contribution < -0.4 is 5.73 Å². The number of carboxylic acids is 1. The van der Waals surface area contributed by atoms with Crippen molar-refractivity contribution >= 4 is 11.8 Å². The fourth-order valence-electron chi connectivity index (χ4n) is 2.08. The first kappa shape index (κ1) is 18.0. The minimum absolute atomic E-state index is 0.0161. The molecule has 6 nitrogen and oxygen atoms in total. The Bertz CT molecular complexity index is 338. The number of nitrogens with zero attached hydrogens (tertiary/aromatic N) is 1. The number of quaternary nitrogens is 1. The lowest BCUT2D eigenvalue weighted by molar-refractivity contribution is -0.875. The van der Waals surface area contributed by atoms with Crippen molar-refractivity contribution in [2.24, 2.45) is 11.7 Å². The summed E-state index contributed by atoms with van der Waals surface area (Å²) in [7, 11) is 5.36. The molecule has 0 heterocycles. The second-order valence-electron chi connectivity index (χ2n) is 6.33. The van der Waals surface area contributed by atoms with Crippen molar-refractivity contribution in [2.45, 2.75) is 38.3 Å². The van der Waals surface area contributed by atoms with Crippen molar-refractivity contribution in [2.75, 3.05) is 27.7 Å². The van der Waals surface area contributed by atoms with Gasteiger partial charge < -0.3 is 20.4 Å². The summed E-state index contributed by atoms with van der Waals surface area (Å²) >= 11 is 0. The highest BCUT2D eigenvalue weighted by Gasteiger charge is 2.46. The number of carboxylic acid groups (broad SMARTS) is 1. The average Bonchev–Trinajstić information content (AvgIpc) is 2.22. The molecule has 0 bridgehead atoms. The van der Waals surface area contributed by atoms with Gasteiger partial charge in [-0.2, -0.15) is 0 Å². The molecule has 0 saturated heterocycles. The third-order valence-electron chi connectivity index (χ3n) is 3.20. The molecule has 3 atom stereocenters. The Morgan fingerprint density at radius 2 is 1.79 bits per heavy atom. The molecule has 19 heavy (non-hydrogen) atoms. The molecule has 0 aliphatic rings. The zero-order chi connectivity index (χ0) is 15.4. The zero-order valence-corrected chi connectivity index (χ0v) is 12.5. The molecular formula is C13H27N2O4+. The van der Waals surface area contributed by atoms with Gasteiger partial charge in [-0.15, -0.1) is 0 Å². The van der Waals surface area contributed by atoms with Crippen LogP contribution in [0, 0.1) is 5.92 Å². The number of hydrogen-bond donors (Lipinski definition) is 3. The van der Waals surface area contributed by atoms with Crippen LogP contribution in [-0.2, 0) is 9.59 Å². The van der Waals surface area contributed by atoms with Crippen molar-refractivity contribution in [3.8, 4) is 0 Å². The number of carbonyl (C=O) groups excluding carboxylic acids is 1. The Balaban J connectivity index is 5.24. The van der Waals surface area contributed by atoms with Crippen LogP contribution in [0.5, 0.6) is 0 Å². The Hall–Kier alpha value is -0.980. The summed E-state index contributed by atoms with van der Waals surface area (Å²) in [6.45, 7) is 3.73. The van der Waals surface area contributed by atoms with E-state index in [1.165, 1.54) is 0 Å². The number of carbonyl (C=O) groups is 2. The smallest absolute Gasteiger partial charge is 0.306 e. The monoisotopic (exact) mass is 275 g/mol. The Morgan fingerprint density at radius 1 is 1.32 bits per heavy atom. The number of aliphatic hydroxyl groups is 1. The number of hydrogen-bond acceptors (Lipinski definition) is 4. The summed E-state index contributed by atoms with van der Waals surface area (Å²) in [5, 5.41) is 19.4. The third-order valence-corrected chi connectivity index (χ3v) is 3.20. The Morgan fingerprint density at radius 3 is 2.11 bits per heavy atom. The fraction of sp³-hybridized carbons (Fsp3) is 0.846. The molecule has 0 spiro atoms. The van der Waals surface area contributed by atoms with Gasteiger partial charge in [0.1, 0.15) is 6.54 Å². The average molecular weight is 275 g/mol. The molecule has 0 amide bonds. The van der Waals surface area contributed by atoms with Gasteiger partial charge >= 0.3 is 5.97 Å². The fourth-order valence-corrected chi connectivity index (χ4v) is 2.08. The quantitative estimate of drug-likeness (QED) is 0.534. The van der Waals surface area contributed by atoms with Crippen LogP contribution in [0.1, 0.15) is 26.7 Å². The van der Waals surface area contributed by atoms with E-state index < -0.39 is 29.8 Å². The van der Waals surface area contributed by atoms with Crippen LogP contribution in [0.25, 0.3) is 0 Å². The van der Waals surface area contributed by atoms with Crippen molar-refractivity contribution in [3.63, 3.8) is 0 Å². The molecule has 0 aliphatic heterocycles. The number of Topliss-reactive ketones (excluding diaryl/α,β-unsaturated/α-hetero) is 1. The molecule has 112 valence electrons. The molecule has 6 heteroatoms. The summed E-state index contributed by atoms with van der Waals surface area (Å²) < 4.78 is 0.281. The van der Waals surface area contributed by atoms with E-state index in [9.17, 15) is 14.7 Å². The topological polar surface area (TPSA) is 101 Å². The maximum Gasteiger partial charge on any atom is 0.306 e. The van der Waals surface area contributed by atoms with Gasteiger partial charge in [0.05, 0.1) is 33.6 Å². The molecule has 0 aromatic rings. The SMILES string of the molecule is CC[C@H](C)[C@H](N)C(=O)[C@@](O)(CC(=O)O)C[N+](C)(C)C. The maximum absolute atomic E-state index is 12.3. The minimum atomic E-state index is -1.92. The van der Waals surface area contributed by atoms with Gasteiger partial charge in [-0.25, -0.2) is 0 Å². The maximum atomic E-state index is 12.3. The lowest BCUT2D eigenvalue weighted by Crippen LogP contribution is -2.60. The van der Waals surface area contributed by atoms with Crippen LogP contribution >= 0.6 is 0 Å². The summed E-state index contributed by atoms with van der Waals surface area (Å²) in [6, 6.07) is -0.846. The predicted molar refractivity (Wildman–Crippen MR) is 72.5 cm³/mol. The summed E-state index contributed by atoms with van der Waals surface area (Å²) in [5.74, 6) is -1.89.